The molecule has 0 unspecified atom stereocenters. The van der Waals surface area contributed by atoms with E-state index in [1.54, 1.807) is 0 Å². The van der Waals surface area contributed by atoms with Gasteiger partial charge in [-0.25, -0.2) is 0 Å². The Balaban J connectivity index is 1.45. The number of rotatable bonds is 15. The van der Waals surface area contributed by atoms with Gasteiger partial charge in [0.15, 0.2) is 0 Å². The van der Waals surface area contributed by atoms with Crippen LogP contribution < -0.4 is 9.47 Å². The Hall–Kier alpha value is -2.48. The summed E-state index contributed by atoms with van der Waals surface area (Å²) in [5, 5.41) is 0. The minimum Gasteiger partial charge on any atom is -0.493 e. The minimum atomic E-state index is 0.806. The molecule has 2 aromatic carbocycles. The molecule has 0 amide bonds. The van der Waals surface area contributed by atoms with Crippen molar-refractivity contribution in [3.8, 4) is 11.5 Å². The molecule has 0 saturated carbocycles. The zero-order valence-corrected chi connectivity index (χ0v) is 18.8. The van der Waals surface area contributed by atoms with Crippen LogP contribution in [0.1, 0.15) is 76.3 Å². The van der Waals surface area contributed by atoms with E-state index in [2.05, 4.69) is 60.7 Å². The molecule has 0 bridgehead atoms. The molecule has 0 saturated heterocycles. The Labute approximate surface area is 183 Å². The fourth-order valence-electron chi connectivity index (χ4n) is 3.49. The second kappa shape index (κ2) is 15.4. The van der Waals surface area contributed by atoms with Crippen molar-refractivity contribution in [1.29, 1.82) is 0 Å². The molecule has 0 aromatic heterocycles. The number of para-hydroxylation sites is 2. The molecule has 0 radical (unpaired) electrons. The van der Waals surface area contributed by atoms with Gasteiger partial charge < -0.3 is 9.47 Å². The third kappa shape index (κ3) is 9.35. The molecular weight excluding hydrogens is 368 g/mol. The van der Waals surface area contributed by atoms with Crippen LogP contribution in [-0.2, 0) is 0 Å². The summed E-state index contributed by atoms with van der Waals surface area (Å²) in [4.78, 5) is 0. The lowest BCUT2D eigenvalue weighted by Crippen LogP contribution is -1.99. The van der Waals surface area contributed by atoms with Gasteiger partial charge in [-0.3, -0.25) is 0 Å². The highest BCUT2D eigenvalue weighted by Crippen LogP contribution is 2.21. The fraction of sp³-hybridized carbons (Fsp3) is 0.429. The van der Waals surface area contributed by atoms with Crippen molar-refractivity contribution in [2.24, 2.45) is 0 Å². The Bertz CT molecular complexity index is 695. The Kier molecular flexibility index (Phi) is 12.2. The van der Waals surface area contributed by atoms with E-state index in [0.29, 0.717) is 0 Å². The summed E-state index contributed by atoms with van der Waals surface area (Å²) in [6, 6.07) is 16.5. The fourth-order valence-corrected chi connectivity index (χ4v) is 3.49. The van der Waals surface area contributed by atoms with Crippen LogP contribution in [0.2, 0.25) is 0 Å². The van der Waals surface area contributed by atoms with Crippen molar-refractivity contribution < 1.29 is 9.47 Å². The highest BCUT2D eigenvalue weighted by Gasteiger charge is 2.00. The molecule has 0 aliphatic carbocycles. The largest absolute Gasteiger partial charge is 0.493 e. The zero-order chi connectivity index (χ0) is 21.3. The van der Waals surface area contributed by atoms with Gasteiger partial charge in [0, 0.05) is 11.1 Å². The highest BCUT2D eigenvalue weighted by atomic mass is 16.5. The normalized spacial score (nSPS) is 11.4. The van der Waals surface area contributed by atoms with Crippen molar-refractivity contribution in [2.75, 3.05) is 13.2 Å². The van der Waals surface area contributed by atoms with Crippen molar-refractivity contribution in [3.63, 3.8) is 0 Å². The summed E-state index contributed by atoms with van der Waals surface area (Å²) in [6.07, 6.45) is 18.3. The summed E-state index contributed by atoms with van der Waals surface area (Å²) < 4.78 is 11.9. The maximum Gasteiger partial charge on any atom is 0.126 e. The van der Waals surface area contributed by atoms with Gasteiger partial charge in [0.1, 0.15) is 11.5 Å². The summed E-state index contributed by atoms with van der Waals surface area (Å²) in [5.74, 6) is 1.98. The molecule has 0 spiro atoms. The van der Waals surface area contributed by atoms with Gasteiger partial charge in [0.25, 0.3) is 0 Å². The first-order valence-electron chi connectivity index (χ1n) is 11.5. The monoisotopic (exact) mass is 406 g/mol. The smallest absolute Gasteiger partial charge is 0.126 e. The molecule has 2 heteroatoms. The predicted octanol–water partition coefficient (Wildman–Crippen LogP) is 8.33. The molecule has 0 aliphatic heterocycles. The number of unbranched alkanes of at least 4 members (excludes halogenated alkanes) is 7. The predicted molar refractivity (Wildman–Crippen MR) is 130 cm³/mol. The second-order valence-electron chi connectivity index (χ2n) is 7.60. The van der Waals surface area contributed by atoms with E-state index in [1.807, 2.05) is 26.0 Å². The highest BCUT2D eigenvalue weighted by molar-refractivity contribution is 5.57. The van der Waals surface area contributed by atoms with Crippen molar-refractivity contribution in [1.82, 2.24) is 0 Å². The summed E-state index contributed by atoms with van der Waals surface area (Å²) in [5.41, 5.74) is 2.32. The van der Waals surface area contributed by atoms with E-state index in [0.717, 1.165) is 48.7 Å². The van der Waals surface area contributed by atoms with Gasteiger partial charge in [-0.05, 0) is 38.8 Å². The first kappa shape index (κ1) is 23.8. The second-order valence-corrected chi connectivity index (χ2v) is 7.60. The summed E-state index contributed by atoms with van der Waals surface area (Å²) >= 11 is 0. The van der Waals surface area contributed by atoms with Gasteiger partial charge in [0.05, 0.1) is 13.2 Å². The molecule has 30 heavy (non-hydrogen) atoms. The number of hydrogen-bond donors (Lipinski definition) is 0. The van der Waals surface area contributed by atoms with E-state index < -0.39 is 0 Å². The maximum absolute atomic E-state index is 5.95. The van der Waals surface area contributed by atoms with Crippen LogP contribution >= 0.6 is 0 Å². The van der Waals surface area contributed by atoms with Crippen molar-refractivity contribution >= 4 is 12.2 Å². The van der Waals surface area contributed by atoms with Gasteiger partial charge in [-0.2, -0.15) is 0 Å². The SMILES string of the molecule is CC=Cc1ccccc1OCCCCCCCCCCOc1ccccc1C=CC. The number of hydrogen-bond acceptors (Lipinski definition) is 2. The first-order valence-corrected chi connectivity index (χ1v) is 11.5. The van der Waals surface area contributed by atoms with Gasteiger partial charge in [0.2, 0.25) is 0 Å². The van der Waals surface area contributed by atoms with E-state index in [-0.39, 0.29) is 0 Å². The van der Waals surface area contributed by atoms with E-state index in [4.69, 9.17) is 9.47 Å². The zero-order valence-electron chi connectivity index (χ0n) is 18.8. The molecule has 0 atom stereocenters. The average molecular weight is 407 g/mol. The molecule has 162 valence electrons. The van der Waals surface area contributed by atoms with Crippen molar-refractivity contribution in [2.45, 2.75) is 65.2 Å². The Morgan fingerprint density at radius 3 is 1.30 bits per heavy atom. The lowest BCUT2D eigenvalue weighted by Gasteiger charge is -2.09. The standard InChI is InChI=1S/C28H38O2/c1-3-17-25-19-11-13-21-27(25)29-23-15-9-7-5-6-8-10-16-24-30-28-22-14-12-20-26(28)18-4-2/h3-4,11-14,17-22H,5-10,15-16,23-24H2,1-2H3. The minimum absolute atomic E-state index is 0.806. The van der Waals surface area contributed by atoms with Crippen LogP contribution in [0, 0.1) is 0 Å². The average Bonchev–Trinajstić information content (AvgIpc) is 2.77. The molecule has 2 aromatic rings. The maximum atomic E-state index is 5.95. The van der Waals surface area contributed by atoms with E-state index in [1.165, 1.54) is 38.5 Å². The molecule has 0 aliphatic rings. The van der Waals surface area contributed by atoms with Crippen LogP contribution in [0.15, 0.2) is 60.7 Å². The van der Waals surface area contributed by atoms with E-state index in [9.17, 15) is 0 Å². The van der Waals surface area contributed by atoms with Crippen LogP contribution in [0.4, 0.5) is 0 Å². The summed E-state index contributed by atoms with van der Waals surface area (Å²) in [6.45, 7) is 5.68. The number of allylic oxidation sites excluding steroid dienone is 2. The lowest BCUT2D eigenvalue weighted by atomic mass is 10.1. The summed E-state index contributed by atoms with van der Waals surface area (Å²) in [7, 11) is 0. The molecule has 0 fully saturated rings. The van der Waals surface area contributed by atoms with Gasteiger partial charge in [-0.1, -0.05) is 99.2 Å². The quantitative estimate of drug-likeness (QED) is 0.277. The third-order valence-corrected chi connectivity index (χ3v) is 5.08. The number of benzene rings is 2. The van der Waals surface area contributed by atoms with Gasteiger partial charge in [-0.15, -0.1) is 0 Å². The molecule has 0 N–H and O–H groups in total. The number of ether oxygens (including phenoxy) is 2. The van der Waals surface area contributed by atoms with E-state index >= 15 is 0 Å². The van der Waals surface area contributed by atoms with Crippen LogP contribution in [0.25, 0.3) is 12.2 Å². The topological polar surface area (TPSA) is 18.5 Å². The van der Waals surface area contributed by atoms with Gasteiger partial charge >= 0.3 is 0 Å². The molecule has 2 rings (SSSR count). The molecule has 2 nitrogen and oxygen atoms in total. The molecular formula is C28H38O2. The van der Waals surface area contributed by atoms with Crippen LogP contribution in [0.5, 0.6) is 11.5 Å². The third-order valence-electron chi connectivity index (χ3n) is 5.08. The lowest BCUT2D eigenvalue weighted by molar-refractivity contribution is 0.300. The molecule has 0 heterocycles. The Morgan fingerprint density at radius 2 is 0.900 bits per heavy atom. The van der Waals surface area contributed by atoms with Crippen molar-refractivity contribution in [3.05, 3.63) is 71.8 Å². The first-order chi connectivity index (χ1) is 14.8. The Morgan fingerprint density at radius 1 is 0.533 bits per heavy atom. The van der Waals surface area contributed by atoms with Crippen LogP contribution in [-0.4, -0.2) is 13.2 Å². The van der Waals surface area contributed by atoms with Crippen LogP contribution in [0.3, 0.4) is 0 Å².